The number of benzene rings is 1. The summed E-state index contributed by atoms with van der Waals surface area (Å²) in [6, 6.07) is 4.31. The Morgan fingerprint density at radius 2 is 1.74 bits per heavy atom. The number of carbonyl (C=O) groups is 1. The molecular weight excluding hydrogens is 236 g/mol. The van der Waals surface area contributed by atoms with E-state index in [9.17, 15) is 4.79 Å². The molecular formula is C16H24N2O. The molecule has 0 bridgehead atoms. The highest BCUT2D eigenvalue weighted by molar-refractivity contribution is 5.82. The number of carbonyl (C=O) groups excluding carboxylic acids is 1. The van der Waals surface area contributed by atoms with Crippen molar-refractivity contribution in [2.75, 3.05) is 0 Å². The minimum absolute atomic E-state index is 0.279. The summed E-state index contributed by atoms with van der Waals surface area (Å²) in [7, 11) is 0. The van der Waals surface area contributed by atoms with Gasteiger partial charge in [-0.25, -0.2) is 0 Å². The summed E-state index contributed by atoms with van der Waals surface area (Å²) in [5, 5.41) is 3.44. The van der Waals surface area contributed by atoms with Crippen molar-refractivity contribution in [3.8, 4) is 0 Å². The first kappa shape index (κ1) is 14.1. The number of rotatable bonds is 4. The number of amides is 1. The molecule has 1 aliphatic carbocycles. The maximum absolute atomic E-state index is 11.8. The van der Waals surface area contributed by atoms with Gasteiger partial charge < -0.3 is 5.73 Å². The minimum atomic E-state index is -0.359. The summed E-state index contributed by atoms with van der Waals surface area (Å²) in [5.74, 6) is -0.279. The molecule has 1 amide bonds. The summed E-state index contributed by atoms with van der Waals surface area (Å²) >= 11 is 0. The average molecular weight is 260 g/mol. The van der Waals surface area contributed by atoms with Crippen LogP contribution < -0.4 is 11.1 Å². The van der Waals surface area contributed by atoms with E-state index in [0.29, 0.717) is 6.04 Å². The lowest BCUT2D eigenvalue weighted by Crippen LogP contribution is -2.39. The van der Waals surface area contributed by atoms with Crippen molar-refractivity contribution in [3.63, 3.8) is 0 Å². The SMILES string of the molecule is Cc1cc(C)c(C(NC2CCCC2)C(N)=O)cc1C. The van der Waals surface area contributed by atoms with Crippen LogP contribution in [0.1, 0.15) is 54.0 Å². The van der Waals surface area contributed by atoms with E-state index >= 15 is 0 Å². The monoisotopic (exact) mass is 260 g/mol. The molecule has 19 heavy (non-hydrogen) atoms. The minimum Gasteiger partial charge on any atom is -0.368 e. The molecule has 0 spiro atoms. The first-order valence-corrected chi connectivity index (χ1v) is 7.12. The smallest absolute Gasteiger partial charge is 0.239 e. The highest BCUT2D eigenvalue weighted by Crippen LogP contribution is 2.25. The zero-order valence-corrected chi connectivity index (χ0v) is 12.1. The van der Waals surface area contributed by atoms with Gasteiger partial charge >= 0.3 is 0 Å². The van der Waals surface area contributed by atoms with E-state index in [1.165, 1.54) is 24.0 Å². The fraction of sp³-hybridized carbons (Fsp3) is 0.562. The maximum Gasteiger partial charge on any atom is 0.239 e. The van der Waals surface area contributed by atoms with Gasteiger partial charge in [0.2, 0.25) is 5.91 Å². The lowest BCUT2D eigenvalue weighted by atomic mass is 9.95. The summed E-state index contributed by atoms with van der Waals surface area (Å²) in [5.41, 5.74) is 10.2. The van der Waals surface area contributed by atoms with Crippen LogP contribution in [0.15, 0.2) is 12.1 Å². The molecule has 0 saturated heterocycles. The second kappa shape index (κ2) is 5.74. The van der Waals surface area contributed by atoms with Gasteiger partial charge in [0.25, 0.3) is 0 Å². The third-order valence-electron chi connectivity index (χ3n) is 4.24. The molecule has 1 saturated carbocycles. The Morgan fingerprint density at radius 3 is 2.32 bits per heavy atom. The van der Waals surface area contributed by atoms with E-state index in [2.05, 4.69) is 31.3 Å². The molecule has 1 unspecified atom stereocenters. The molecule has 0 radical (unpaired) electrons. The number of primary amides is 1. The van der Waals surface area contributed by atoms with Crippen LogP contribution in [0, 0.1) is 20.8 Å². The maximum atomic E-state index is 11.8. The third-order valence-corrected chi connectivity index (χ3v) is 4.24. The van der Waals surface area contributed by atoms with E-state index in [0.717, 1.165) is 24.0 Å². The van der Waals surface area contributed by atoms with Crippen molar-refractivity contribution in [1.82, 2.24) is 5.32 Å². The third kappa shape index (κ3) is 3.16. The normalized spacial score (nSPS) is 17.6. The number of aryl methyl sites for hydroxylation is 3. The van der Waals surface area contributed by atoms with Crippen LogP contribution in [0.3, 0.4) is 0 Å². The van der Waals surface area contributed by atoms with Gasteiger partial charge in [0, 0.05) is 6.04 Å². The van der Waals surface area contributed by atoms with Crippen LogP contribution in [0.5, 0.6) is 0 Å². The lowest BCUT2D eigenvalue weighted by molar-refractivity contribution is -0.120. The second-order valence-corrected chi connectivity index (χ2v) is 5.78. The van der Waals surface area contributed by atoms with Crippen LogP contribution in [-0.2, 0) is 4.79 Å². The van der Waals surface area contributed by atoms with Gasteiger partial charge in [-0.2, -0.15) is 0 Å². The molecule has 1 atom stereocenters. The van der Waals surface area contributed by atoms with Gasteiger partial charge in [0.05, 0.1) is 0 Å². The predicted molar refractivity (Wildman–Crippen MR) is 78.0 cm³/mol. The van der Waals surface area contributed by atoms with E-state index in [4.69, 9.17) is 5.73 Å². The van der Waals surface area contributed by atoms with Crippen molar-refractivity contribution in [1.29, 1.82) is 0 Å². The number of hydrogen-bond donors (Lipinski definition) is 2. The summed E-state index contributed by atoms with van der Waals surface area (Å²) in [6.07, 6.45) is 4.78. The van der Waals surface area contributed by atoms with Gasteiger partial charge in [-0.15, -0.1) is 0 Å². The highest BCUT2D eigenvalue weighted by Gasteiger charge is 2.25. The van der Waals surface area contributed by atoms with Gasteiger partial charge in [-0.3, -0.25) is 10.1 Å². The molecule has 1 aromatic carbocycles. The summed E-state index contributed by atoms with van der Waals surface area (Å²) < 4.78 is 0. The molecule has 2 rings (SSSR count). The Labute approximate surface area is 115 Å². The molecule has 3 N–H and O–H groups in total. The Bertz CT molecular complexity index is 476. The Kier molecular flexibility index (Phi) is 4.25. The van der Waals surface area contributed by atoms with Crippen LogP contribution in [0.2, 0.25) is 0 Å². The summed E-state index contributed by atoms with van der Waals surface area (Å²) in [4.78, 5) is 11.8. The molecule has 104 valence electrons. The zero-order chi connectivity index (χ0) is 14.0. The van der Waals surface area contributed by atoms with Crippen molar-refractivity contribution in [2.24, 2.45) is 5.73 Å². The number of nitrogens with one attached hydrogen (secondary N) is 1. The van der Waals surface area contributed by atoms with Gasteiger partial charge in [0.15, 0.2) is 0 Å². The molecule has 1 fully saturated rings. The van der Waals surface area contributed by atoms with Gasteiger partial charge in [0.1, 0.15) is 6.04 Å². The lowest BCUT2D eigenvalue weighted by Gasteiger charge is -2.23. The molecule has 1 aliphatic rings. The summed E-state index contributed by atoms with van der Waals surface area (Å²) in [6.45, 7) is 6.22. The first-order chi connectivity index (χ1) is 8.99. The fourth-order valence-corrected chi connectivity index (χ4v) is 2.95. The zero-order valence-electron chi connectivity index (χ0n) is 12.1. The van der Waals surface area contributed by atoms with E-state index in [-0.39, 0.29) is 11.9 Å². The second-order valence-electron chi connectivity index (χ2n) is 5.78. The topological polar surface area (TPSA) is 55.1 Å². The molecule has 0 aliphatic heterocycles. The van der Waals surface area contributed by atoms with E-state index < -0.39 is 0 Å². The van der Waals surface area contributed by atoms with Crippen molar-refractivity contribution >= 4 is 5.91 Å². The quantitative estimate of drug-likeness (QED) is 0.874. The predicted octanol–water partition coefficient (Wildman–Crippen LogP) is 2.67. The molecule has 1 aromatic rings. The largest absolute Gasteiger partial charge is 0.368 e. The van der Waals surface area contributed by atoms with E-state index in [1.807, 2.05) is 6.92 Å². The first-order valence-electron chi connectivity index (χ1n) is 7.12. The van der Waals surface area contributed by atoms with Crippen LogP contribution in [-0.4, -0.2) is 11.9 Å². The number of nitrogens with two attached hydrogens (primary N) is 1. The van der Waals surface area contributed by atoms with Gasteiger partial charge in [-0.05, 0) is 55.9 Å². The number of hydrogen-bond acceptors (Lipinski definition) is 2. The molecule has 3 heteroatoms. The Balaban J connectivity index is 2.27. The molecule has 0 aromatic heterocycles. The van der Waals surface area contributed by atoms with Crippen molar-refractivity contribution < 1.29 is 4.79 Å². The average Bonchev–Trinajstić information content (AvgIpc) is 2.84. The Morgan fingerprint density at radius 1 is 1.16 bits per heavy atom. The van der Waals surface area contributed by atoms with Crippen LogP contribution >= 0.6 is 0 Å². The molecule has 3 nitrogen and oxygen atoms in total. The Hall–Kier alpha value is -1.35. The standard InChI is InChI=1S/C16H24N2O/c1-10-8-12(3)14(9-11(10)2)15(16(17)19)18-13-6-4-5-7-13/h8-9,13,15,18H,4-7H2,1-3H3,(H2,17,19). The van der Waals surface area contributed by atoms with Gasteiger partial charge in [-0.1, -0.05) is 25.0 Å². The highest BCUT2D eigenvalue weighted by atomic mass is 16.1. The van der Waals surface area contributed by atoms with E-state index in [1.54, 1.807) is 0 Å². The van der Waals surface area contributed by atoms with Crippen LogP contribution in [0.25, 0.3) is 0 Å². The fourth-order valence-electron chi connectivity index (χ4n) is 2.95. The van der Waals surface area contributed by atoms with Crippen LogP contribution in [0.4, 0.5) is 0 Å². The van der Waals surface area contributed by atoms with Crippen molar-refractivity contribution in [3.05, 3.63) is 34.4 Å². The molecule has 0 heterocycles. The van der Waals surface area contributed by atoms with Crippen molar-refractivity contribution in [2.45, 2.75) is 58.5 Å².